The van der Waals surface area contributed by atoms with Gasteiger partial charge in [0, 0.05) is 27.6 Å². The summed E-state index contributed by atoms with van der Waals surface area (Å²) < 4.78 is 12.7. The lowest BCUT2D eigenvalue weighted by Crippen LogP contribution is -2.44. The second kappa shape index (κ2) is 8.16. The number of hydrogen-bond acceptors (Lipinski definition) is 2. The summed E-state index contributed by atoms with van der Waals surface area (Å²) in [6, 6.07) is 8.15. The van der Waals surface area contributed by atoms with Crippen LogP contribution in [0.15, 0.2) is 24.3 Å². The molecule has 0 bridgehead atoms. The maximum absolute atomic E-state index is 12.7. The molecule has 20 heavy (non-hydrogen) atoms. The average molecular weight is 314 g/mol. The molecule has 4 heteroatoms. The van der Waals surface area contributed by atoms with Crippen LogP contribution in [0, 0.1) is 0 Å². The summed E-state index contributed by atoms with van der Waals surface area (Å²) >= 11 is 5.89. The Hall–Kier alpha value is -0.380. The summed E-state index contributed by atoms with van der Waals surface area (Å²) in [5.74, 6) is 0.645. The first-order valence-corrected chi connectivity index (χ1v) is 9.31. The second-order valence-corrected chi connectivity index (χ2v) is 7.63. The molecule has 2 rings (SSSR count). The summed E-state index contributed by atoms with van der Waals surface area (Å²) in [7, 11) is -0.803. The van der Waals surface area contributed by atoms with Gasteiger partial charge in [-0.2, -0.15) is 0 Å². The molecule has 0 saturated heterocycles. The maximum Gasteiger partial charge on any atom is 0.0504 e. The first-order valence-electron chi connectivity index (χ1n) is 7.55. The zero-order chi connectivity index (χ0) is 14.4. The van der Waals surface area contributed by atoms with E-state index >= 15 is 0 Å². The quantitative estimate of drug-likeness (QED) is 0.863. The van der Waals surface area contributed by atoms with Crippen molar-refractivity contribution in [3.05, 3.63) is 34.9 Å². The topological polar surface area (TPSA) is 29.1 Å². The van der Waals surface area contributed by atoms with Gasteiger partial charge in [-0.3, -0.25) is 4.21 Å². The van der Waals surface area contributed by atoms with Gasteiger partial charge in [0.25, 0.3) is 0 Å². The first kappa shape index (κ1) is 16.0. The fraction of sp³-hybridized carbons (Fsp3) is 0.625. The minimum Gasteiger partial charge on any atom is -0.313 e. The van der Waals surface area contributed by atoms with Gasteiger partial charge in [-0.05, 0) is 43.5 Å². The molecule has 1 aromatic carbocycles. The Morgan fingerprint density at radius 1 is 1.25 bits per heavy atom. The van der Waals surface area contributed by atoms with E-state index in [1.807, 2.05) is 24.3 Å². The van der Waals surface area contributed by atoms with Crippen molar-refractivity contribution in [3.63, 3.8) is 0 Å². The number of hydrogen-bond donors (Lipinski definition) is 1. The third-order valence-corrected chi connectivity index (χ3v) is 6.03. The van der Waals surface area contributed by atoms with Crippen molar-refractivity contribution in [2.75, 3.05) is 6.54 Å². The van der Waals surface area contributed by atoms with Gasteiger partial charge >= 0.3 is 0 Å². The van der Waals surface area contributed by atoms with Crippen LogP contribution in [-0.2, 0) is 16.6 Å². The normalized spacial score (nSPS) is 24.5. The van der Waals surface area contributed by atoms with E-state index in [0.717, 1.165) is 36.4 Å². The van der Waals surface area contributed by atoms with Gasteiger partial charge in [0.1, 0.15) is 0 Å². The van der Waals surface area contributed by atoms with Crippen molar-refractivity contribution in [3.8, 4) is 0 Å². The summed E-state index contributed by atoms with van der Waals surface area (Å²) in [5, 5.41) is 4.62. The standard InChI is InChI=1S/C16H24ClNOS/c1-2-11-18-15-5-3-4-6-16(15)20(19)12-13-7-9-14(17)10-8-13/h7-10,15-16,18H,2-6,11-12H2,1H3. The fourth-order valence-electron chi connectivity index (χ4n) is 2.83. The van der Waals surface area contributed by atoms with E-state index < -0.39 is 10.8 Å². The van der Waals surface area contributed by atoms with Gasteiger partial charge in [0.15, 0.2) is 0 Å². The minimum atomic E-state index is -0.803. The molecule has 0 aliphatic heterocycles. The maximum atomic E-state index is 12.7. The van der Waals surface area contributed by atoms with Crippen LogP contribution in [0.2, 0.25) is 5.02 Å². The predicted octanol–water partition coefficient (Wildman–Crippen LogP) is 3.90. The van der Waals surface area contributed by atoms with Crippen LogP contribution in [-0.4, -0.2) is 22.0 Å². The highest BCUT2D eigenvalue weighted by atomic mass is 35.5. The van der Waals surface area contributed by atoms with Gasteiger partial charge in [-0.15, -0.1) is 0 Å². The molecule has 0 radical (unpaired) electrons. The zero-order valence-corrected chi connectivity index (χ0v) is 13.7. The van der Waals surface area contributed by atoms with Crippen LogP contribution in [0.1, 0.15) is 44.6 Å². The molecular weight excluding hydrogens is 290 g/mol. The molecule has 1 aliphatic rings. The smallest absolute Gasteiger partial charge is 0.0504 e. The van der Waals surface area contributed by atoms with Crippen LogP contribution >= 0.6 is 11.6 Å². The molecule has 1 saturated carbocycles. The lowest BCUT2D eigenvalue weighted by atomic mass is 9.95. The zero-order valence-electron chi connectivity index (χ0n) is 12.1. The molecule has 3 unspecified atom stereocenters. The van der Waals surface area contributed by atoms with Gasteiger partial charge in [0.2, 0.25) is 0 Å². The lowest BCUT2D eigenvalue weighted by Gasteiger charge is -2.31. The van der Waals surface area contributed by atoms with Crippen LogP contribution in [0.3, 0.4) is 0 Å². The van der Waals surface area contributed by atoms with Crippen molar-refractivity contribution < 1.29 is 4.21 Å². The van der Waals surface area contributed by atoms with Crippen LogP contribution in [0.4, 0.5) is 0 Å². The van der Waals surface area contributed by atoms with Gasteiger partial charge in [-0.1, -0.05) is 43.5 Å². The lowest BCUT2D eigenvalue weighted by molar-refractivity contribution is 0.379. The fourth-order valence-corrected chi connectivity index (χ4v) is 4.72. The number of halogens is 1. The third kappa shape index (κ3) is 4.57. The number of rotatable bonds is 6. The Kier molecular flexibility index (Phi) is 6.53. The van der Waals surface area contributed by atoms with E-state index in [0.29, 0.717) is 17.0 Å². The number of benzene rings is 1. The summed E-state index contributed by atoms with van der Waals surface area (Å²) in [4.78, 5) is 0. The van der Waals surface area contributed by atoms with E-state index in [-0.39, 0.29) is 0 Å². The van der Waals surface area contributed by atoms with Crippen LogP contribution in [0.5, 0.6) is 0 Å². The summed E-state index contributed by atoms with van der Waals surface area (Å²) in [6.07, 6.45) is 5.85. The van der Waals surface area contributed by atoms with E-state index in [9.17, 15) is 4.21 Å². The molecule has 1 N–H and O–H groups in total. The van der Waals surface area contributed by atoms with Crippen molar-refractivity contribution in [1.29, 1.82) is 0 Å². The molecule has 1 aromatic rings. The highest BCUT2D eigenvalue weighted by Gasteiger charge is 2.29. The highest BCUT2D eigenvalue weighted by Crippen LogP contribution is 2.25. The van der Waals surface area contributed by atoms with Crippen molar-refractivity contribution >= 4 is 22.4 Å². The van der Waals surface area contributed by atoms with E-state index in [1.165, 1.54) is 12.8 Å². The first-order chi connectivity index (χ1) is 9.70. The van der Waals surface area contributed by atoms with Gasteiger partial charge in [-0.25, -0.2) is 0 Å². The molecule has 3 atom stereocenters. The minimum absolute atomic E-state index is 0.297. The van der Waals surface area contributed by atoms with E-state index in [4.69, 9.17) is 11.6 Å². The molecule has 0 heterocycles. The second-order valence-electron chi connectivity index (χ2n) is 5.54. The van der Waals surface area contributed by atoms with Crippen molar-refractivity contribution in [2.24, 2.45) is 0 Å². The SMILES string of the molecule is CCCNC1CCCCC1S(=O)Cc1ccc(Cl)cc1. The van der Waals surface area contributed by atoms with E-state index in [2.05, 4.69) is 12.2 Å². The average Bonchev–Trinajstić information content (AvgIpc) is 2.47. The third-order valence-electron chi connectivity index (χ3n) is 3.92. The molecule has 2 nitrogen and oxygen atoms in total. The molecular formula is C16H24ClNOS. The monoisotopic (exact) mass is 313 g/mol. The van der Waals surface area contributed by atoms with Gasteiger partial charge in [0.05, 0.1) is 5.25 Å². The summed E-state index contributed by atoms with van der Waals surface area (Å²) in [6.45, 7) is 3.20. The Morgan fingerprint density at radius 2 is 1.95 bits per heavy atom. The Morgan fingerprint density at radius 3 is 2.65 bits per heavy atom. The van der Waals surface area contributed by atoms with Gasteiger partial charge < -0.3 is 5.32 Å². The van der Waals surface area contributed by atoms with Crippen LogP contribution < -0.4 is 5.32 Å². The molecule has 0 aromatic heterocycles. The molecule has 0 amide bonds. The molecule has 1 aliphatic carbocycles. The van der Waals surface area contributed by atoms with E-state index in [1.54, 1.807) is 0 Å². The predicted molar refractivity (Wildman–Crippen MR) is 87.6 cm³/mol. The number of nitrogens with one attached hydrogen (secondary N) is 1. The van der Waals surface area contributed by atoms with Crippen molar-refractivity contribution in [2.45, 2.75) is 56.1 Å². The highest BCUT2D eigenvalue weighted by molar-refractivity contribution is 7.84. The Labute approximate surface area is 129 Å². The van der Waals surface area contributed by atoms with Crippen LogP contribution in [0.25, 0.3) is 0 Å². The summed E-state index contributed by atoms with van der Waals surface area (Å²) in [5.41, 5.74) is 1.12. The Balaban J connectivity index is 1.96. The molecule has 1 fully saturated rings. The molecule has 0 spiro atoms. The molecule has 112 valence electrons. The van der Waals surface area contributed by atoms with Crippen molar-refractivity contribution in [1.82, 2.24) is 5.32 Å². The largest absolute Gasteiger partial charge is 0.313 e. The Bertz CT molecular complexity index is 435.